The van der Waals surface area contributed by atoms with E-state index in [2.05, 4.69) is 0 Å². The Morgan fingerprint density at radius 1 is 1.06 bits per heavy atom. The molecule has 0 amide bonds. The van der Waals surface area contributed by atoms with Crippen LogP contribution in [0.4, 0.5) is 0 Å². The zero-order valence-corrected chi connectivity index (χ0v) is 10.6. The van der Waals surface area contributed by atoms with Crippen LogP contribution in [0, 0.1) is 0 Å². The molecule has 0 saturated carbocycles. The Balaban J connectivity index is 2.12. The minimum Gasteiger partial charge on any atom is -0.493 e. The van der Waals surface area contributed by atoms with Gasteiger partial charge in [-0.15, -0.1) is 0 Å². The standard InChI is InChI=1S/C14H18O4/c1-2-17-14(16)9-8-12(15)10-11-18-13-6-4-3-5-7-13/h3-7H,2,8-11H2,1H3. The van der Waals surface area contributed by atoms with Gasteiger partial charge < -0.3 is 9.47 Å². The molecule has 0 aromatic heterocycles. The first kappa shape index (κ1) is 14.2. The largest absolute Gasteiger partial charge is 0.493 e. The van der Waals surface area contributed by atoms with Gasteiger partial charge in [0.15, 0.2) is 0 Å². The van der Waals surface area contributed by atoms with Crippen LogP contribution in [-0.4, -0.2) is 25.0 Å². The lowest BCUT2D eigenvalue weighted by Crippen LogP contribution is -2.10. The zero-order chi connectivity index (χ0) is 13.2. The number of ether oxygens (including phenoxy) is 2. The Bertz CT molecular complexity index is 373. The molecule has 0 fully saturated rings. The van der Waals surface area contributed by atoms with Crippen molar-refractivity contribution >= 4 is 11.8 Å². The Kier molecular flexibility index (Phi) is 6.54. The van der Waals surface area contributed by atoms with Crippen LogP contribution in [0.5, 0.6) is 5.75 Å². The fourth-order valence-electron chi connectivity index (χ4n) is 1.40. The molecule has 0 aliphatic heterocycles. The normalized spacial score (nSPS) is 9.83. The van der Waals surface area contributed by atoms with Gasteiger partial charge in [0.25, 0.3) is 0 Å². The molecule has 0 heterocycles. The molecule has 4 nitrogen and oxygen atoms in total. The molecule has 0 bridgehead atoms. The topological polar surface area (TPSA) is 52.6 Å². The SMILES string of the molecule is CCOC(=O)CCC(=O)CCOc1ccccc1. The minimum atomic E-state index is -0.324. The quantitative estimate of drug-likeness (QED) is 0.665. The summed E-state index contributed by atoms with van der Waals surface area (Å²) in [6.45, 7) is 2.43. The number of ketones is 1. The number of esters is 1. The van der Waals surface area contributed by atoms with Gasteiger partial charge in [0.05, 0.1) is 19.6 Å². The predicted octanol–water partition coefficient (Wildman–Crippen LogP) is 2.37. The van der Waals surface area contributed by atoms with Crippen molar-refractivity contribution in [1.29, 1.82) is 0 Å². The Morgan fingerprint density at radius 3 is 2.44 bits per heavy atom. The summed E-state index contributed by atoms with van der Waals surface area (Å²) < 4.78 is 10.1. The number of carbonyl (C=O) groups excluding carboxylic acids is 2. The summed E-state index contributed by atoms with van der Waals surface area (Å²) in [5, 5.41) is 0. The van der Waals surface area contributed by atoms with Gasteiger partial charge in [-0.1, -0.05) is 18.2 Å². The third-order valence-corrected chi connectivity index (χ3v) is 2.31. The van der Waals surface area contributed by atoms with E-state index in [-0.39, 0.29) is 24.6 Å². The number of para-hydroxylation sites is 1. The van der Waals surface area contributed by atoms with Crippen molar-refractivity contribution in [3.63, 3.8) is 0 Å². The molecule has 0 radical (unpaired) electrons. The van der Waals surface area contributed by atoms with Gasteiger partial charge in [0.1, 0.15) is 11.5 Å². The maximum absolute atomic E-state index is 11.5. The smallest absolute Gasteiger partial charge is 0.306 e. The molecule has 1 aromatic rings. The number of hydrogen-bond acceptors (Lipinski definition) is 4. The molecule has 1 rings (SSSR count). The van der Waals surface area contributed by atoms with Gasteiger partial charge >= 0.3 is 5.97 Å². The number of hydrogen-bond donors (Lipinski definition) is 0. The highest BCUT2D eigenvalue weighted by Crippen LogP contribution is 2.08. The van der Waals surface area contributed by atoms with Crippen molar-refractivity contribution in [1.82, 2.24) is 0 Å². The summed E-state index contributed by atoms with van der Waals surface area (Å²) in [5.41, 5.74) is 0. The fourth-order valence-corrected chi connectivity index (χ4v) is 1.40. The van der Waals surface area contributed by atoms with Gasteiger partial charge in [-0.2, -0.15) is 0 Å². The molecule has 4 heteroatoms. The van der Waals surface area contributed by atoms with Crippen LogP contribution in [0.15, 0.2) is 30.3 Å². The Labute approximate surface area is 107 Å². The van der Waals surface area contributed by atoms with Gasteiger partial charge in [-0.25, -0.2) is 0 Å². The first-order valence-corrected chi connectivity index (χ1v) is 6.07. The average Bonchev–Trinajstić information content (AvgIpc) is 2.38. The highest BCUT2D eigenvalue weighted by molar-refractivity contribution is 5.82. The van der Waals surface area contributed by atoms with E-state index in [4.69, 9.17) is 9.47 Å². The molecule has 0 unspecified atom stereocenters. The van der Waals surface area contributed by atoms with Crippen LogP contribution < -0.4 is 4.74 Å². The second-order valence-electron chi connectivity index (χ2n) is 3.76. The van der Waals surface area contributed by atoms with Crippen LogP contribution in [0.3, 0.4) is 0 Å². The molecule has 18 heavy (non-hydrogen) atoms. The van der Waals surface area contributed by atoms with Crippen molar-refractivity contribution in [2.45, 2.75) is 26.2 Å². The Hall–Kier alpha value is -1.84. The summed E-state index contributed by atoms with van der Waals surface area (Å²) in [7, 11) is 0. The van der Waals surface area contributed by atoms with Gasteiger partial charge in [-0.3, -0.25) is 9.59 Å². The van der Waals surface area contributed by atoms with Crippen molar-refractivity contribution in [2.24, 2.45) is 0 Å². The number of benzene rings is 1. The van der Waals surface area contributed by atoms with Crippen LogP contribution in [0.2, 0.25) is 0 Å². The molecule has 0 spiro atoms. The van der Waals surface area contributed by atoms with E-state index in [1.54, 1.807) is 6.92 Å². The van der Waals surface area contributed by atoms with Gasteiger partial charge in [-0.05, 0) is 19.1 Å². The molecule has 0 atom stereocenters. The number of carbonyl (C=O) groups is 2. The maximum atomic E-state index is 11.5. The summed E-state index contributed by atoms with van der Waals surface area (Å²) in [6, 6.07) is 9.32. The first-order chi connectivity index (χ1) is 8.72. The third-order valence-electron chi connectivity index (χ3n) is 2.31. The lowest BCUT2D eigenvalue weighted by molar-refractivity contribution is -0.144. The van der Waals surface area contributed by atoms with E-state index in [1.807, 2.05) is 30.3 Å². The van der Waals surface area contributed by atoms with Crippen LogP contribution in [0.1, 0.15) is 26.2 Å². The fraction of sp³-hybridized carbons (Fsp3) is 0.429. The number of Topliss-reactive ketones (excluding diaryl/α,β-unsaturated/α-hetero) is 1. The van der Waals surface area contributed by atoms with Crippen molar-refractivity contribution < 1.29 is 19.1 Å². The second kappa shape index (κ2) is 8.28. The lowest BCUT2D eigenvalue weighted by atomic mass is 10.2. The third kappa shape index (κ3) is 6.03. The summed E-state index contributed by atoms with van der Waals surface area (Å²) in [4.78, 5) is 22.5. The van der Waals surface area contributed by atoms with Crippen molar-refractivity contribution in [2.75, 3.05) is 13.2 Å². The van der Waals surface area contributed by atoms with Crippen LogP contribution in [0.25, 0.3) is 0 Å². The molecule has 1 aromatic carbocycles. The van der Waals surface area contributed by atoms with E-state index < -0.39 is 0 Å². The minimum absolute atomic E-state index is 0.0129. The van der Waals surface area contributed by atoms with E-state index in [1.165, 1.54) is 0 Å². The first-order valence-electron chi connectivity index (χ1n) is 6.07. The van der Waals surface area contributed by atoms with E-state index in [0.717, 1.165) is 5.75 Å². The lowest BCUT2D eigenvalue weighted by Gasteiger charge is -2.05. The Morgan fingerprint density at radius 2 is 1.78 bits per heavy atom. The van der Waals surface area contributed by atoms with E-state index >= 15 is 0 Å². The predicted molar refractivity (Wildman–Crippen MR) is 67.4 cm³/mol. The average molecular weight is 250 g/mol. The highest BCUT2D eigenvalue weighted by Gasteiger charge is 2.07. The van der Waals surface area contributed by atoms with E-state index in [9.17, 15) is 9.59 Å². The molecule has 0 N–H and O–H groups in total. The molecular weight excluding hydrogens is 232 g/mol. The zero-order valence-electron chi connectivity index (χ0n) is 10.6. The highest BCUT2D eigenvalue weighted by atomic mass is 16.5. The molecule has 0 aliphatic carbocycles. The van der Waals surface area contributed by atoms with E-state index in [0.29, 0.717) is 19.6 Å². The molecule has 98 valence electrons. The van der Waals surface area contributed by atoms with Gasteiger partial charge in [0.2, 0.25) is 0 Å². The van der Waals surface area contributed by atoms with Crippen LogP contribution >= 0.6 is 0 Å². The molecule has 0 saturated heterocycles. The van der Waals surface area contributed by atoms with Gasteiger partial charge in [0, 0.05) is 12.8 Å². The molecular formula is C14H18O4. The van der Waals surface area contributed by atoms with Crippen LogP contribution in [-0.2, 0) is 14.3 Å². The number of rotatable bonds is 8. The maximum Gasteiger partial charge on any atom is 0.306 e. The molecule has 0 aliphatic rings. The second-order valence-corrected chi connectivity index (χ2v) is 3.76. The summed E-state index contributed by atoms with van der Waals surface area (Å²) >= 11 is 0. The van der Waals surface area contributed by atoms with Crippen molar-refractivity contribution in [3.05, 3.63) is 30.3 Å². The summed E-state index contributed by atoms with van der Waals surface area (Å²) in [5.74, 6) is 0.435. The summed E-state index contributed by atoms with van der Waals surface area (Å²) in [6.07, 6.45) is 0.684. The van der Waals surface area contributed by atoms with Crippen molar-refractivity contribution in [3.8, 4) is 5.75 Å². The monoisotopic (exact) mass is 250 g/mol.